The summed E-state index contributed by atoms with van der Waals surface area (Å²) in [5.41, 5.74) is 2.21. The molecule has 0 atom stereocenters. The van der Waals surface area contributed by atoms with E-state index in [4.69, 9.17) is 14.3 Å². The summed E-state index contributed by atoms with van der Waals surface area (Å²) in [5.74, 6) is 3.83. The predicted octanol–water partition coefficient (Wildman–Crippen LogP) is 4.96. The van der Waals surface area contributed by atoms with Crippen molar-refractivity contribution >= 4 is 12.1 Å². The van der Waals surface area contributed by atoms with Gasteiger partial charge in [-0.15, -0.1) is 0 Å². The van der Waals surface area contributed by atoms with Gasteiger partial charge in [-0.2, -0.15) is 0 Å². The zero-order valence-corrected chi connectivity index (χ0v) is 19.9. The lowest BCUT2D eigenvalue weighted by Gasteiger charge is -2.56. The van der Waals surface area contributed by atoms with Gasteiger partial charge in [0.15, 0.2) is 18.1 Å². The van der Waals surface area contributed by atoms with Gasteiger partial charge in [-0.25, -0.2) is 0 Å². The molecule has 0 radical (unpaired) electrons. The maximum atomic E-state index is 12.4. The second kappa shape index (κ2) is 10.1. The maximum absolute atomic E-state index is 12.4. The van der Waals surface area contributed by atoms with Gasteiger partial charge in [0.05, 0.1) is 13.3 Å². The highest BCUT2D eigenvalue weighted by molar-refractivity contribution is 5.81. The lowest BCUT2D eigenvalue weighted by molar-refractivity contribution is -0.127. The van der Waals surface area contributed by atoms with Crippen molar-refractivity contribution in [3.63, 3.8) is 0 Å². The van der Waals surface area contributed by atoms with Crippen LogP contribution in [0.25, 0.3) is 0 Å². The Morgan fingerprint density at radius 2 is 1.74 bits per heavy atom. The fourth-order valence-corrected chi connectivity index (χ4v) is 6.66. The molecule has 1 amide bonds. The highest BCUT2D eigenvalue weighted by Gasteiger charge is 2.50. The molecule has 6 rings (SSSR count). The van der Waals surface area contributed by atoms with E-state index in [1.807, 2.05) is 48.5 Å². The van der Waals surface area contributed by atoms with E-state index in [-0.39, 0.29) is 12.5 Å². The molecule has 0 aliphatic heterocycles. The summed E-state index contributed by atoms with van der Waals surface area (Å²) in [6, 6.07) is 15.5. The van der Waals surface area contributed by atoms with Crippen molar-refractivity contribution < 1.29 is 19.1 Å². The molecule has 6 heteroatoms. The second-order valence-corrected chi connectivity index (χ2v) is 10.4. The largest absolute Gasteiger partial charge is 0.493 e. The van der Waals surface area contributed by atoms with Gasteiger partial charge in [-0.3, -0.25) is 4.79 Å². The average molecular weight is 463 g/mol. The molecule has 4 saturated carbocycles. The van der Waals surface area contributed by atoms with Crippen LogP contribution in [0.4, 0.5) is 0 Å². The quantitative estimate of drug-likeness (QED) is 0.400. The number of amides is 1. The molecule has 2 aromatic rings. The van der Waals surface area contributed by atoms with Crippen LogP contribution in [-0.2, 0) is 16.2 Å². The first-order valence-electron chi connectivity index (χ1n) is 12.4. The molecule has 180 valence electrons. The first-order valence-corrected chi connectivity index (χ1v) is 12.4. The van der Waals surface area contributed by atoms with Crippen molar-refractivity contribution in [2.45, 2.75) is 45.1 Å². The third-order valence-electron chi connectivity index (χ3n) is 7.72. The van der Waals surface area contributed by atoms with Crippen molar-refractivity contribution in [1.82, 2.24) is 5.32 Å². The summed E-state index contributed by atoms with van der Waals surface area (Å²) >= 11 is 0. The molecule has 4 aliphatic rings. The summed E-state index contributed by atoms with van der Waals surface area (Å²) in [5, 5.41) is 7.11. The number of carbonyl (C=O) groups is 1. The summed E-state index contributed by atoms with van der Waals surface area (Å²) in [4.78, 5) is 17.6. The van der Waals surface area contributed by atoms with Crippen molar-refractivity contribution in [3.8, 4) is 11.5 Å². The number of hydrogen-bond donors (Lipinski definition) is 1. The van der Waals surface area contributed by atoms with Gasteiger partial charge >= 0.3 is 0 Å². The van der Waals surface area contributed by atoms with Gasteiger partial charge in [0.2, 0.25) is 0 Å². The Balaban J connectivity index is 1.09. The molecule has 0 unspecified atom stereocenters. The van der Waals surface area contributed by atoms with E-state index in [1.54, 1.807) is 13.3 Å². The topological polar surface area (TPSA) is 69.2 Å². The monoisotopic (exact) mass is 462 g/mol. The van der Waals surface area contributed by atoms with Crippen LogP contribution in [-0.4, -0.2) is 32.4 Å². The van der Waals surface area contributed by atoms with Crippen LogP contribution in [0.15, 0.2) is 53.7 Å². The SMILES string of the molecule is COc1ccc(/C=N\OCC(=O)NCC23CC4CC(CC(C4)C2)C3)cc1OCc1ccccc1. The number of rotatable bonds is 10. The summed E-state index contributed by atoms with van der Waals surface area (Å²) in [7, 11) is 1.61. The fraction of sp³-hybridized carbons (Fsp3) is 0.500. The minimum Gasteiger partial charge on any atom is -0.493 e. The predicted molar refractivity (Wildman–Crippen MR) is 131 cm³/mol. The second-order valence-electron chi connectivity index (χ2n) is 10.4. The molecule has 4 aliphatic carbocycles. The highest BCUT2D eigenvalue weighted by Crippen LogP contribution is 2.59. The molecule has 34 heavy (non-hydrogen) atoms. The number of nitrogens with one attached hydrogen (secondary N) is 1. The fourth-order valence-electron chi connectivity index (χ4n) is 6.66. The van der Waals surface area contributed by atoms with E-state index in [9.17, 15) is 4.79 Å². The number of benzene rings is 2. The summed E-state index contributed by atoms with van der Waals surface area (Å²) in [6.07, 6.45) is 9.67. The van der Waals surface area contributed by atoms with E-state index in [1.165, 1.54) is 38.5 Å². The minimum atomic E-state index is -0.102. The molecule has 2 aromatic carbocycles. The van der Waals surface area contributed by atoms with Gasteiger partial charge in [-0.05, 0) is 85.5 Å². The molecule has 0 heterocycles. The Morgan fingerprint density at radius 1 is 1.03 bits per heavy atom. The van der Waals surface area contributed by atoms with Crippen LogP contribution in [0.3, 0.4) is 0 Å². The molecule has 6 nitrogen and oxygen atoms in total. The van der Waals surface area contributed by atoms with Crippen LogP contribution in [0.2, 0.25) is 0 Å². The molecule has 4 bridgehead atoms. The van der Waals surface area contributed by atoms with Crippen LogP contribution in [0.1, 0.15) is 49.7 Å². The van der Waals surface area contributed by atoms with E-state index in [0.717, 1.165) is 35.4 Å². The van der Waals surface area contributed by atoms with E-state index in [0.29, 0.717) is 23.5 Å². The van der Waals surface area contributed by atoms with Gasteiger partial charge < -0.3 is 19.6 Å². The molecule has 0 aromatic heterocycles. The van der Waals surface area contributed by atoms with E-state index < -0.39 is 0 Å². The zero-order chi connectivity index (χ0) is 23.4. The van der Waals surface area contributed by atoms with Gasteiger partial charge in [0.25, 0.3) is 5.91 Å². The summed E-state index contributed by atoms with van der Waals surface area (Å²) in [6.45, 7) is 1.15. The maximum Gasteiger partial charge on any atom is 0.260 e. The molecule has 0 spiro atoms. The standard InChI is InChI=1S/C28H34N2O4/c1-32-25-8-7-21(12-26(25)33-17-20-5-3-2-4-6-20)16-30-34-18-27(31)29-19-28-13-22-9-23(14-28)11-24(10-22)15-28/h2-8,12,16,22-24H,9-11,13-15,17-19H2,1H3,(H,29,31)/b30-16-. The van der Waals surface area contributed by atoms with Crippen LogP contribution in [0, 0.1) is 23.2 Å². The van der Waals surface area contributed by atoms with Gasteiger partial charge in [0, 0.05) is 12.1 Å². The highest BCUT2D eigenvalue weighted by atomic mass is 16.6. The van der Waals surface area contributed by atoms with E-state index in [2.05, 4.69) is 10.5 Å². The van der Waals surface area contributed by atoms with Crippen molar-refractivity contribution in [2.24, 2.45) is 28.3 Å². The van der Waals surface area contributed by atoms with Crippen LogP contribution < -0.4 is 14.8 Å². The Labute approximate surface area is 201 Å². The van der Waals surface area contributed by atoms with Crippen molar-refractivity contribution in [1.29, 1.82) is 0 Å². The van der Waals surface area contributed by atoms with Crippen LogP contribution in [0.5, 0.6) is 11.5 Å². The first kappa shape index (κ1) is 22.8. The minimum absolute atomic E-state index is 0.0730. The molecular formula is C28H34N2O4. The molecule has 0 saturated heterocycles. The van der Waals surface area contributed by atoms with Crippen molar-refractivity contribution in [3.05, 3.63) is 59.7 Å². The number of hydrogen-bond acceptors (Lipinski definition) is 5. The number of oxime groups is 1. The average Bonchev–Trinajstić information content (AvgIpc) is 2.84. The lowest BCUT2D eigenvalue weighted by atomic mass is 9.49. The van der Waals surface area contributed by atoms with E-state index >= 15 is 0 Å². The number of carbonyl (C=O) groups excluding carboxylic acids is 1. The lowest BCUT2D eigenvalue weighted by Crippen LogP contribution is -2.51. The Hall–Kier alpha value is -3.02. The zero-order valence-electron chi connectivity index (χ0n) is 19.9. The summed E-state index contributed by atoms with van der Waals surface area (Å²) < 4.78 is 11.3. The third kappa shape index (κ3) is 5.37. The first-order chi connectivity index (χ1) is 16.6. The Kier molecular flexibility index (Phi) is 6.75. The Bertz CT molecular complexity index is 985. The Morgan fingerprint density at radius 3 is 2.41 bits per heavy atom. The van der Waals surface area contributed by atoms with Gasteiger partial charge in [0.1, 0.15) is 6.61 Å². The third-order valence-corrected chi connectivity index (χ3v) is 7.72. The smallest absolute Gasteiger partial charge is 0.260 e. The number of methoxy groups -OCH3 is 1. The van der Waals surface area contributed by atoms with Gasteiger partial charge in [-0.1, -0.05) is 35.5 Å². The number of ether oxygens (including phenoxy) is 2. The normalized spacial score (nSPS) is 27.0. The number of nitrogens with zero attached hydrogens (tertiary/aromatic N) is 1. The molecule has 4 fully saturated rings. The van der Waals surface area contributed by atoms with Crippen LogP contribution >= 0.6 is 0 Å². The van der Waals surface area contributed by atoms with Crippen molar-refractivity contribution in [2.75, 3.05) is 20.3 Å². The molecule has 1 N–H and O–H groups in total. The molecular weight excluding hydrogens is 428 g/mol.